The Morgan fingerprint density at radius 1 is 1.12 bits per heavy atom. The van der Waals surface area contributed by atoms with Crippen molar-refractivity contribution in [2.24, 2.45) is 0 Å². The van der Waals surface area contributed by atoms with E-state index in [1.165, 1.54) is 36.4 Å². The summed E-state index contributed by atoms with van der Waals surface area (Å²) in [6, 6.07) is 10.6. The second kappa shape index (κ2) is 7.84. The predicted octanol–water partition coefficient (Wildman–Crippen LogP) is 2.54. The van der Waals surface area contributed by atoms with E-state index >= 15 is 0 Å². The highest BCUT2D eigenvalue weighted by molar-refractivity contribution is 7.92. The van der Waals surface area contributed by atoms with Crippen LogP contribution in [0.15, 0.2) is 53.4 Å². The number of halogens is 1. The molecule has 1 saturated heterocycles. The van der Waals surface area contributed by atoms with Gasteiger partial charge in [-0.05, 0) is 61.4 Å². The third-order valence-corrected chi connectivity index (χ3v) is 5.43. The van der Waals surface area contributed by atoms with Crippen molar-refractivity contribution in [1.29, 1.82) is 0 Å². The number of ether oxygens (including phenoxy) is 1. The number of anilines is 1. The summed E-state index contributed by atoms with van der Waals surface area (Å²) in [4.78, 5) is 12.1. The Bertz CT molecular complexity index is 861. The van der Waals surface area contributed by atoms with Crippen LogP contribution in [0.4, 0.5) is 10.1 Å². The van der Waals surface area contributed by atoms with Gasteiger partial charge in [0.2, 0.25) is 0 Å². The molecule has 1 heterocycles. The molecular weight excluding hydrogens is 359 g/mol. The fraction of sp³-hybridized carbons (Fsp3) is 0.278. The minimum absolute atomic E-state index is 0.0442. The van der Waals surface area contributed by atoms with Gasteiger partial charge in [-0.3, -0.25) is 9.52 Å². The van der Waals surface area contributed by atoms with Crippen LogP contribution < -0.4 is 10.0 Å². The van der Waals surface area contributed by atoms with Crippen molar-refractivity contribution in [3.05, 3.63) is 59.9 Å². The third kappa shape index (κ3) is 4.59. The molecule has 0 radical (unpaired) electrons. The first-order valence-corrected chi connectivity index (χ1v) is 9.71. The Kier molecular flexibility index (Phi) is 5.53. The lowest BCUT2D eigenvalue weighted by molar-refractivity contribution is 0.0858. The Morgan fingerprint density at radius 3 is 2.42 bits per heavy atom. The van der Waals surface area contributed by atoms with Crippen molar-refractivity contribution in [2.45, 2.75) is 23.8 Å². The van der Waals surface area contributed by atoms with Crippen LogP contribution >= 0.6 is 0 Å². The first-order valence-electron chi connectivity index (χ1n) is 8.22. The second-order valence-electron chi connectivity index (χ2n) is 5.98. The number of hydrogen-bond acceptors (Lipinski definition) is 4. The maximum absolute atomic E-state index is 12.9. The van der Waals surface area contributed by atoms with Crippen molar-refractivity contribution >= 4 is 21.6 Å². The summed E-state index contributed by atoms with van der Waals surface area (Å²) < 4.78 is 45.3. The van der Waals surface area contributed by atoms with E-state index in [-0.39, 0.29) is 16.9 Å². The normalized spacial score (nSPS) is 17.0. The van der Waals surface area contributed by atoms with E-state index in [4.69, 9.17) is 4.74 Å². The quantitative estimate of drug-likeness (QED) is 0.809. The van der Waals surface area contributed by atoms with Crippen molar-refractivity contribution in [3.8, 4) is 0 Å². The van der Waals surface area contributed by atoms with E-state index < -0.39 is 15.8 Å². The van der Waals surface area contributed by atoms with Gasteiger partial charge < -0.3 is 10.1 Å². The summed E-state index contributed by atoms with van der Waals surface area (Å²) in [6.07, 6.45) is 1.99. The summed E-state index contributed by atoms with van der Waals surface area (Å²) >= 11 is 0. The van der Waals surface area contributed by atoms with Gasteiger partial charge >= 0.3 is 0 Å². The van der Waals surface area contributed by atoms with Crippen molar-refractivity contribution in [1.82, 2.24) is 5.32 Å². The number of carbonyl (C=O) groups is 1. The molecule has 2 N–H and O–H groups in total. The lowest BCUT2D eigenvalue weighted by atomic mass is 10.2. The standard InChI is InChI=1S/C18H19FN2O4S/c19-14-5-9-17(10-6-14)26(23,24)21-15-7-3-13(4-8-15)18(22)20-12-16-2-1-11-25-16/h3-10,16,21H,1-2,11-12H2,(H,20,22)/t16-/m1/s1. The van der Waals surface area contributed by atoms with E-state index in [1.54, 1.807) is 0 Å². The molecule has 2 aromatic carbocycles. The van der Waals surface area contributed by atoms with Gasteiger partial charge in [0.05, 0.1) is 11.0 Å². The summed E-state index contributed by atoms with van der Waals surface area (Å²) in [6.45, 7) is 1.18. The Hall–Kier alpha value is -2.45. The van der Waals surface area contributed by atoms with Gasteiger partial charge in [-0.2, -0.15) is 0 Å². The lowest BCUT2D eigenvalue weighted by Gasteiger charge is -2.11. The Labute approximate surface area is 151 Å². The van der Waals surface area contributed by atoms with E-state index in [9.17, 15) is 17.6 Å². The SMILES string of the molecule is O=C(NC[C@H]1CCCO1)c1ccc(NS(=O)(=O)c2ccc(F)cc2)cc1. The highest BCUT2D eigenvalue weighted by Gasteiger charge is 2.17. The van der Waals surface area contributed by atoms with Crippen molar-refractivity contribution in [3.63, 3.8) is 0 Å². The summed E-state index contributed by atoms with van der Waals surface area (Å²) in [5.41, 5.74) is 0.734. The van der Waals surface area contributed by atoms with E-state index in [2.05, 4.69) is 10.0 Å². The average Bonchev–Trinajstić information content (AvgIpc) is 3.14. The molecule has 8 heteroatoms. The Balaban J connectivity index is 1.61. The fourth-order valence-corrected chi connectivity index (χ4v) is 3.69. The largest absolute Gasteiger partial charge is 0.376 e. The number of nitrogens with one attached hydrogen (secondary N) is 2. The van der Waals surface area contributed by atoms with Gasteiger partial charge in [0.25, 0.3) is 15.9 Å². The van der Waals surface area contributed by atoms with Gasteiger partial charge in [-0.15, -0.1) is 0 Å². The zero-order valence-corrected chi connectivity index (χ0v) is 14.8. The van der Waals surface area contributed by atoms with Gasteiger partial charge in [0, 0.05) is 24.4 Å². The number of carbonyl (C=O) groups excluding carboxylic acids is 1. The molecule has 1 fully saturated rings. The first-order chi connectivity index (χ1) is 12.4. The van der Waals surface area contributed by atoms with Gasteiger partial charge in [-0.25, -0.2) is 12.8 Å². The van der Waals surface area contributed by atoms with Gasteiger partial charge in [0.1, 0.15) is 5.82 Å². The average molecular weight is 378 g/mol. The third-order valence-electron chi connectivity index (χ3n) is 4.04. The topological polar surface area (TPSA) is 84.5 Å². The number of rotatable bonds is 6. The molecule has 1 aliphatic rings. The van der Waals surface area contributed by atoms with Crippen LogP contribution in [-0.2, 0) is 14.8 Å². The Morgan fingerprint density at radius 2 is 1.81 bits per heavy atom. The molecular formula is C18H19FN2O4S. The van der Waals surface area contributed by atoms with Crippen molar-refractivity contribution < 1.29 is 22.3 Å². The highest BCUT2D eigenvalue weighted by Crippen LogP contribution is 2.17. The van der Waals surface area contributed by atoms with E-state index in [0.717, 1.165) is 31.6 Å². The van der Waals surface area contributed by atoms with Crippen LogP contribution in [0, 0.1) is 5.82 Å². The first kappa shape index (κ1) is 18.3. The summed E-state index contributed by atoms with van der Waals surface area (Å²) in [5.74, 6) is -0.754. The number of amides is 1. The molecule has 0 aliphatic carbocycles. The van der Waals surface area contributed by atoms with Crippen LogP contribution in [0.2, 0.25) is 0 Å². The van der Waals surface area contributed by atoms with E-state index in [1.807, 2.05) is 0 Å². The highest BCUT2D eigenvalue weighted by atomic mass is 32.2. The minimum atomic E-state index is -3.82. The molecule has 0 bridgehead atoms. The van der Waals surface area contributed by atoms with Crippen LogP contribution in [0.3, 0.4) is 0 Å². The zero-order valence-electron chi connectivity index (χ0n) is 13.9. The predicted molar refractivity (Wildman–Crippen MR) is 95.0 cm³/mol. The molecule has 0 spiro atoms. The lowest BCUT2D eigenvalue weighted by Crippen LogP contribution is -2.31. The monoisotopic (exact) mass is 378 g/mol. The molecule has 1 amide bonds. The molecule has 1 aliphatic heterocycles. The summed E-state index contributed by atoms with van der Waals surface area (Å²) in [5, 5.41) is 2.80. The van der Waals surface area contributed by atoms with Crippen LogP contribution in [-0.4, -0.2) is 33.6 Å². The second-order valence-corrected chi connectivity index (χ2v) is 7.66. The molecule has 1 atom stereocenters. The molecule has 6 nitrogen and oxygen atoms in total. The van der Waals surface area contributed by atoms with E-state index in [0.29, 0.717) is 17.8 Å². The molecule has 138 valence electrons. The van der Waals surface area contributed by atoms with Gasteiger partial charge in [0.15, 0.2) is 0 Å². The molecule has 0 aromatic heterocycles. The zero-order chi connectivity index (χ0) is 18.6. The number of hydrogen-bond donors (Lipinski definition) is 2. The fourth-order valence-electron chi connectivity index (χ4n) is 2.63. The molecule has 2 aromatic rings. The smallest absolute Gasteiger partial charge is 0.261 e. The summed E-state index contributed by atoms with van der Waals surface area (Å²) in [7, 11) is -3.82. The molecule has 0 unspecified atom stereocenters. The molecule has 0 saturated carbocycles. The number of sulfonamides is 1. The number of benzene rings is 2. The minimum Gasteiger partial charge on any atom is -0.376 e. The van der Waals surface area contributed by atoms with Crippen molar-refractivity contribution in [2.75, 3.05) is 17.9 Å². The molecule has 3 rings (SSSR count). The van der Waals surface area contributed by atoms with Crippen LogP contribution in [0.1, 0.15) is 23.2 Å². The van der Waals surface area contributed by atoms with Gasteiger partial charge in [-0.1, -0.05) is 0 Å². The van der Waals surface area contributed by atoms with Crippen LogP contribution in [0.5, 0.6) is 0 Å². The maximum Gasteiger partial charge on any atom is 0.261 e. The molecule has 26 heavy (non-hydrogen) atoms. The maximum atomic E-state index is 12.9. The van der Waals surface area contributed by atoms with Crippen LogP contribution in [0.25, 0.3) is 0 Å².